The van der Waals surface area contributed by atoms with Crippen LogP contribution >= 0.6 is 0 Å². The molecule has 0 aromatic carbocycles. The van der Waals surface area contributed by atoms with Crippen molar-refractivity contribution in [2.45, 2.75) is 13.8 Å². The number of carbonyl (C=O) groups excluding carboxylic acids is 1. The Morgan fingerprint density at radius 1 is 1.73 bits per heavy atom. The quantitative estimate of drug-likeness (QED) is 0.562. The van der Waals surface area contributed by atoms with E-state index in [2.05, 4.69) is 6.92 Å². The van der Waals surface area contributed by atoms with E-state index in [0.717, 1.165) is 0 Å². The molecular formula is C9H14O2. The van der Waals surface area contributed by atoms with Gasteiger partial charge in [0.05, 0.1) is 12.5 Å². The van der Waals surface area contributed by atoms with Gasteiger partial charge in [-0.05, 0) is 33.1 Å². The molecule has 0 unspecified atom stereocenters. The molecule has 0 amide bonds. The van der Waals surface area contributed by atoms with Crippen LogP contribution in [0.1, 0.15) is 13.8 Å². The monoisotopic (exact) mass is 154 g/mol. The molecule has 0 aromatic heterocycles. The summed E-state index contributed by atoms with van der Waals surface area (Å²) in [5.74, 6) is -0.362. The molecule has 0 bridgehead atoms. The molecule has 62 valence electrons. The SMILES string of the molecule is [CH2][CH][CH][CH][C@H](C)C(=O)OCC. The van der Waals surface area contributed by atoms with Crippen molar-refractivity contribution in [3.8, 4) is 0 Å². The van der Waals surface area contributed by atoms with Gasteiger partial charge in [0, 0.05) is 0 Å². The van der Waals surface area contributed by atoms with Crippen LogP contribution in [0.15, 0.2) is 0 Å². The van der Waals surface area contributed by atoms with Crippen LogP contribution in [0.25, 0.3) is 0 Å². The van der Waals surface area contributed by atoms with E-state index in [1.165, 1.54) is 0 Å². The number of rotatable bonds is 5. The molecule has 11 heavy (non-hydrogen) atoms. The molecule has 2 heteroatoms. The van der Waals surface area contributed by atoms with Crippen molar-refractivity contribution < 1.29 is 9.53 Å². The van der Waals surface area contributed by atoms with Crippen LogP contribution in [-0.4, -0.2) is 12.6 Å². The third-order valence-corrected chi connectivity index (χ3v) is 1.19. The van der Waals surface area contributed by atoms with Gasteiger partial charge in [0.15, 0.2) is 0 Å². The van der Waals surface area contributed by atoms with E-state index in [1.807, 2.05) is 0 Å². The lowest BCUT2D eigenvalue weighted by atomic mass is 10.1. The van der Waals surface area contributed by atoms with Crippen LogP contribution in [0.4, 0.5) is 0 Å². The minimum Gasteiger partial charge on any atom is -0.466 e. The third-order valence-electron chi connectivity index (χ3n) is 1.19. The highest BCUT2D eigenvalue weighted by molar-refractivity contribution is 5.73. The molecular weight excluding hydrogens is 140 g/mol. The van der Waals surface area contributed by atoms with E-state index in [9.17, 15) is 4.79 Å². The van der Waals surface area contributed by atoms with E-state index in [4.69, 9.17) is 4.74 Å². The Morgan fingerprint density at radius 2 is 2.36 bits per heavy atom. The van der Waals surface area contributed by atoms with Crippen LogP contribution < -0.4 is 0 Å². The molecule has 0 spiro atoms. The molecule has 4 radical (unpaired) electrons. The first-order valence-electron chi connectivity index (χ1n) is 3.68. The van der Waals surface area contributed by atoms with Gasteiger partial charge in [0.25, 0.3) is 0 Å². The highest BCUT2D eigenvalue weighted by Crippen LogP contribution is 2.06. The predicted octanol–water partition coefficient (Wildman–Crippen LogP) is 1.63. The van der Waals surface area contributed by atoms with Crippen molar-refractivity contribution in [3.05, 3.63) is 26.2 Å². The van der Waals surface area contributed by atoms with Crippen LogP contribution in [0.2, 0.25) is 0 Å². The minimum absolute atomic E-state index is 0.173. The lowest BCUT2D eigenvalue weighted by Gasteiger charge is -2.07. The zero-order valence-electron chi connectivity index (χ0n) is 7.04. The molecule has 1 atom stereocenters. The number of carbonyl (C=O) groups is 1. The van der Waals surface area contributed by atoms with Gasteiger partial charge in [-0.15, -0.1) is 0 Å². The van der Waals surface area contributed by atoms with E-state index in [-0.39, 0.29) is 11.9 Å². The fourth-order valence-corrected chi connectivity index (χ4v) is 0.598. The maximum Gasteiger partial charge on any atom is 0.308 e. The van der Waals surface area contributed by atoms with Gasteiger partial charge in [-0.3, -0.25) is 4.79 Å². The van der Waals surface area contributed by atoms with Gasteiger partial charge >= 0.3 is 5.97 Å². The molecule has 0 fully saturated rings. The molecule has 0 saturated carbocycles. The average Bonchev–Trinajstić information content (AvgIpc) is 2.00. The van der Waals surface area contributed by atoms with Gasteiger partial charge in [0.2, 0.25) is 0 Å². The van der Waals surface area contributed by atoms with Crippen molar-refractivity contribution in [2.75, 3.05) is 6.61 Å². The van der Waals surface area contributed by atoms with Crippen LogP contribution in [0, 0.1) is 32.1 Å². The van der Waals surface area contributed by atoms with E-state index >= 15 is 0 Å². The highest BCUT2D eigenvalue weighted by Gasteiger charge is 2.12. The van der Waals surface area contributed by atoms with Crippen LogP contribution in [0.3, 0.4) is 0 Å². The molecule has 0 aliphatic rings. The van der Waals surface area contributed by atoms with E-state index < -0.39 is 0 Å². The van der Waals surface area contributed by atoms with Crippen molar-refractivity contribution >= 4 is 5.97 Å². The van der Waals surface area contributed by atoms with Gasteiger partial charge in [-0.25, -0.2) is 0 Å². The molecule has 2 nitrogen and oxygen atoms in total. The number of hydrogen-bond acceptors (Lipinski definition) is 2. The fraction of sp³-hybridized carbons (Fsp3) is 0.444. The maximum absolute atomic E-state index is 10.9. The molecule has 0 aliphatic heterocycles. The van der Waals surface area contributed by atoms with Crippen molar-refractivity contribution in [1.29, 1.82) is 0 Å². The van der Waals surface area contributed by atoms with Crippen molar-refractivity contribution in [1.82, 2.24) is 0 Å². The summed E-state index contributed by atoms with van der Waals surface area (Å²) < 4.78 is 4.78. The molecule has 0 heterocycles. The Kier molecular flexibility index (Phi) is 5.90. The Balaban J connectivity index is 3.46. The third kappa shape index (κ3) is 4.82. The standard InChI is InChI=1S/C9H14O2/c1-4-6-7-8(3)9(10)11-5-2/h4,6-8H,1,5H2,2-3H3/t8-/m0/s1. The summed E-state index contributed by atoms with van der Waals surface area (Å²) in [7, 11) is 0. The maximum atomic E-state index is 10.9. The summed E-state index contributed by atoms with van der Waals surface area (Å²) in [6, 6.07) is 0. The summed E-state index contributed by atoms with van der Waals surface area (Å²) in [4.78, 5) is 10.9. The summed E-state index contributed by atoms with van der Waals surface area (Å²) in [5, 5.41) is 0. The van der Waals surface area contributed by atoms with Gasteiger partial charge in [0.1, 0.15) is 0 Å². The average molecular weight is 154 g/mol. The largest absolute Gasteiger partial charge is 0.466 e. The number of hydrogen-bond donors (Lipinski definition) is 0. The smallest absolute Gasteiger partial charge is 0.308 e. The second kappa shape index (κ2) is 6.20. The first-order valence-corrected chi connectivity index (χ1v) is 3.68. The van der Waals surface area contributed by atoms with Gasteiger partial charge < -0.3 is 4.74 Å². The first-order chi connectivity index (χ1) is 5.22. The van der Waals surface area contributed by atoms with E-state index in [1.54, 1.807) is 33.1 Å². The van der Waals surface area contributed by atoms with Gasteiger partial charge in [-0.2, -0.15) is 0 Å². The molecule has 0 saturated heterocycles. The van der Waals surface area contributed by atoms with Crippen LogP contribution in [0.5, 0.6) is 0 Å². The summed E-state index contributed by atoms with van der Waals surface area (Å²) in [6.07, 6.45) is 5.13. The first kappa shape index (κ1) is 10.5. The molecule has 0 rings (SSSR count). The van der Waals surface area contributed by atoms with Crippen LogP contribution in [-0.2, 0) is 9.53 Å². The Morgan fingerprint density at radius 3 is 2.82 bits per heavy atom. The summed E-state index contributed by atoms with van der Waals surface area (Å²) in [6.45, 7) is 7.52. The Bertz CT molecular complexity index is 110. The normalized spacial score (nSPS) is 12.6. The number of unbranched alkanes of at least 4 members (excludes halogenated alkanes) is 1. The number of esters is 1. The number of ether oxygens (including phenoxy) is 1. The highest BCUT2D eigenvalue weighted by atomic mass is 16.5. The lowest BCUT2D eigenvalue weighted by molar-refractivity contribution is -0.146. The summed E-state index contributed by atoms with van der Waals surface area (Å²) >= 11 is 0. The minimum atomic E-state index is -0.189. The summed E-state index contributed by atoms with van der Waals surface area (Å²) in [5.41, 5.74) is 0. The Hall–Kier alpha value is -0.530. The second-order valence-electron chi connectivity index (χ2n) is 2.16. The fourth-order valence-electron chi connectivity index (χ4n) is 0.598. The van der Waals surface area contributed by atoms with Crippen molar-refractivity contribution in [2.24, 2.45) is 5.92 Å². The molecule has 0 aromatic rings. The lowest BCUT2D eigenvalue weighted by Crippen LogP contribution is -2.15. The molecule has 0 N–H and O–H groups in total. The predicted molar refractivity (Wildman–Crippen MR) is 44.1 cm³/mol. The zero-order valence-corrected chi connectivity index (χ0v) is 7.04. The van der Waals surface area contributed by atoms with Gasteiger partial charge in [-0.1, -0.05) is 6.92 Å². The molecule has 0 aliphatic carbocycles. The van der Waals surface area contributed by atoms with Crippen molar-refractivity contribution in [3.63, 3.8) is 0 Å². The zero-order chi connectivity index (χ0) is 8.69. The van der Waals surface area contributed by atoms with E-state index in [0.29, 0.717) is 6.61 Å². The topological polar surface area (TPSA) is 26.3 Å². The second-order valence-corrected chi connectivity index (χ2v) is 2.16. The Labute approximate surface area is 68.9 Å².